The number of fused-ring (bicyclic) bond motifs is 2. The highest BCUT2D eigenvalue weighted by Crippen LogP contribution is 2.45. The lowest BCUT2D eigenvalue weighted by molar-refractivity contribution is 0.0710. The van der Waals surface area contributed by atoms with E-state index in [0.29, 0.717) is 13.2 Å². The molecule has 174 valence electrons. The third-order valence-electron chi connectivity index (χ3n) is 6.75. The molecule has 3 aromatic carbocycles. The summed E-state index contributed by atoms with van der Waals surface area (Å²) in [5.41, 5.74) is 7.60. The van der Waals surface area contributed by atoms with Crippen molar-refractivity contribution in [3.63, 3.8) is 0 Å². The maximum absolute atomic E-state index is 13.6. The van der Waals surface area contributed by atoms with Crippen molar-refractivity contribution in [2.45, 2.75) is 39.2 Å². The van der Waals surface area contributed by atoms with Crippen LogP contribution in [0.2, 0.25) is 0 Å². The Bertz CT molecular complexity index is 1290. The minimum absolute atomic E-state index is 0.106. The fourth-order valence-corrected chi connectivity index (χ4v) is 4.99. The Hall–Kier alpha value is -3.37. The van der Waals surface area contributed by atoms with Crippen molar-refractivity contribution in [3.05, 3.63) is 95.1 Å². The number of nitrogens with one attached hydrogen (secondary N) is 1. The van der Waals surface area contributed by atoms with Gasteiger partial charge in [0.1, 0.15) is 0 Å². The van der Waals surface area contributed by atoms with Crippen LogP contribution in [0.25, 0.3) is 22.2 Å². The molecule has 4 aromatic rings. The van der Waals surface area contributed by atoms with E-state index in [4.69, 9.17) is 4.74 Å². The highest BCUT2D eigenvalue weighted by atomic mass is 16.5. The Labute approximate surface area is 201 Å². The first-order chi connectivity index (χ1) is 16.7. The van der Waals surface area contributed by atoms with Gasteiger partial charge >= 0.3 is 0 Å². The summed E-state index contributed by atoms with van der Waals surface area (Å²) in [5.74, 6) is 0.106. The molecule has 5 rings (SSSR count). The van der Waals surface area contributed by atoms with Crippen molar-refractivity contribution in [1.82, 2.24) is 9.88 Å². The van der Waals surface area contributed by atoms with Crippen molar-refractivity contribution in [1.29, 1.82) is 0 Å². The highest BCUT2D eigenvalue weighted by Gasteiger charge is 2.39. The monoisotopic (exact) mass is 452 g/mol. The number of aromatic nitrogens is 1. The Kier molecular flexibility index (Phi) is 6.50. The molecule has 4 heteroatoms. The van der Waals surface area contributed by atoms with Gasteiger partial charge in [0.25, 0.3) is 5.91 Å². The van der Waals surface area contributed by atoms with E-state index < -0.39 is 0 Å². The van der Waals surface area contributed by atoms with Gasteiger partial charge in [-0.05, 0) is 43.0 Å². The third-order valence-corrected chi connectivity index (χ3v) is 6.75. The topological polar surface area (TPSA) is 45.3 Å². The SMILES string of the molecule is CCCCOCCCN1C(=O)c2ccccc2[C@@H]1c1c(-c2ccc(C)cc2)[nH]c2ccccc12. The summed E-state index contributed by atoms with van der Waals surface area (Å²) >= 11 is 0. The highest BCUT2D eigenvalue weighted by molar-refractivity contribution is 6.02. The van der Waals surface area contributed by atoms with Gasteiger partial charge in [0, 0.05) is 41.8 Å². The lowest BCUT2D eigenvalue weighted by atomic mass is 9.93. The van der Waals surface area contributed by atoms with Gasteiger partial charge in [-0.25, -0.2) is 0 Å². The molecule has 0 bridgehead atoms. The van der Waals surface area contributed by atoms with Crippen LogP contribution in [0.3, 0.4) is 0 Å². The van der Waals surface area contributed by atoms with E-state index >= 15 is 0 Å². The first kappa shape index (κ1) is 22.4. The fourth-order valence-electron chi connectivity index (χ4n) is 4.99. The molecule has 4 nitrogen and oxygen atoms in total. The van der Waals surface area contributed by atoms with E-state index in [9.17, 15) is 4.79 Å². The summed E-state index contributed by atoms with van der Waals surface area (Å²) in [7, 11) is 0. The number of hydrogen-bond acceptors (Lipinski definition) is 2. The Balaban J connectivity index is 1.58. The number of ether oxygens (including phenoxy) is 1. The molecule has 0 saturated carbocycles. The number of carbonyl (C=O) groups excluding carboxylic acids is 1. The number of aryl methyl sites for hydroxylation is 1. The zero-order valence-electron chi connectivity index (χ0n) is 20.0. The van der Waals surface area contributed by atoms with Crippen LogP contribution in [-0.4, -0.2) is 35.5 Å². The Morgan fingerprint density at radius 3 is 2.47 bits per heavy atom. The first-order valence-electron chi connectivity index (χ1n) is 12.3. The molecule has 1 amide bonds. The largest absolute Gasteiger partial charge is 0.381 e. The second-order valence-corrected chi connectivity index (χ2v) is 9.13. The van der Waals surface area contributed by atoms with Crippen LogP contribution < -0.4 is 0 Å². The summed E-state index contributed by atoms with van der Waals surface area (Å²) in [4.78, 5) is 19.3. The van der Waals surface area contributed by atoms with Crippen molar-refractivity contribution < 1.29 is 9.53 Å². The van der Waals surface area contributed by atoms with Crippen LogP contribution in [-0.2, 0) is 4.74 Å². The number of amides is 1. The van der Waals surface area contributed by atoms with E-state index in [1.807, 2.05) is 23.1 Å². The van der Waals surface area contributed by atoms with Crippen molar-refractivity contribution in [3.8, 4) is 11.3 Å². The number of aromatic amines is 1. The zero-order valence-corrected chi connectivity index (χ0v) is 20.0. The van der Waals surface area contributed by atoms with Gasteiger partial charge < -0.3 is 14.6 Å². The minimum Gasteiger partial charge on any atom is -0.381 e. The van der Waals surface area contributed by atoms with Crippen LogP contribution in [0.15, 0.2) is 72.8 Å². The van der Waals surface area contributed by atoms with E-state index in [0.717, 1.165) is 59.2 Å². The zero-order chi connectivity index (χ0) is 23.5. The minimum atomic E-state index is -0.133. The molecule has 1 aliphatic heterocycles. The first-order valence-corrected chi connectivity index (χ1v) is 12.3. The normalized spacial score (nSPS) is 15.3. The van der Waals surface area contributed by atoms with Gasteiger partial charge in [-0.1, -0.05) is 79.6 Å². The van der Waals surface area contributed by atoms with Crippen LogP contribution in [0.5, 0.6) is 0 Å². The molecular weight excluding hydrogens is 420 g/mol. The second-order valence-electron chi connectivity index (χ2n) is 9.13. The molecule has 0 saturated heterocycles. The molecular formula is C30H32N2O2. The number of para-hydroxylation sites is 1. The number of H-pyrrole nitrogens is 1. The van der Waals surface area contributed by atoms with Crippen LogP contribution in [0.1, 0.15) is 59.3 Å². The van der Waals surface area contributed by atoms with Crippen LogP contribution >= 0.6 is 0 Å². The van der Waals surface area contributed by atoms with E-state index in [-0.39, 0.29) is 11.9 Å². The van der Waals surface area contributed by atoms with Crippen molar-refractivity contribution in [2.75, 3.05) is 19.8 Å². The molecule has 34 heavy (non-hydrogen) atoms. The molecule has 1 aliphatic rings. The molecule has 1 atom stereocenters. The second kappa shape index (κ2) is 9.86. The maximum atomic E-state index is 13.6. The number of carbonyl (C=O) groups is 1. The number of benzene rings is 3. The standard InChI is InChI=1S/C30H32N2O2/c1-3-4-19-34-20-9-18-32-29(23-10-5-6-11-24(23)30(32)33)27-25-12-7-8-13-26(25)31-28(27)22-16-14-21(2)15-17-22/h5-8,10-17,29,31H,3-4,9,18-20H2,1-2H3/t29-/m1/s1. The summed E-state index contributed by atoms with van der Waals surface area (Å²) in [6.07, 6.45) is 3.03. The van der Waals surface area contributed by atoms with Crippen molar-refractivity contribution >= 4 is 16.8 Å². The quantitative estimate of drug-likeness (QED) is 0.281. The van der Waals surface area contributed by atoms with E-state index in [2.05, 4.69) is 73.4 Å². The van der Waals surface area contributed by atoms with Gasteiger partial charge in [-0.3, -0.25) is 4.79 Å². The molecule has 0 fully saturated rings. The third kappa shape index (κ3) is 4.14. The van der Waals surface area contributed by atoms with Gasteiger partial charge in [0.2, 0.25) is 0 Å². The van der Waals surface area contributed by atoms with E-state index in [1.165, 1.54) is 11.1 Å². The summed E-state index contributed by atoms with van der Waals surface area (Å²) in [6, 6.07) is 25.0. The fraction of sp³-hybridized carbons (Fsp3) is 0.300. The number of nitrogens with zero attached hydrogens (tertiary/aromatic N) is 1. The predicted molar refractivity (Wildman–Crippen MR) is 138 cm³/mol. The van der Waals surface area contributed by atoms with Crippen LogP contribution in [0, 0.1) is 6.92 Å². The number of rotatable bonds is 9. The lowest BCUT2D eigenvalue weighted by Gasteiger charge is -2.27. The van der Waals surface area contributed by atoms with Gasteiger partial charge in [-0.15, -0.1) is 0 Å². The van der Waals surface area contributed by atoms with E-state index in [1.54, 1.807) is 0 Å². The molecule has 0 spiro atoms. The lowest BCUT2D eigenvalue weighted by Crippen LogP contribution is -2.30. The Morgan fingerprint density at radius 2 is 1.65 bits per heavy atom. The summed E-state index contributed by atoms with van der Waals surface area (Å²) < 4.78 is 5.80. The summed E-state index contributed by atoms with van der Waals surface area (Å²) in [5, 5.41) is 1.16. The molecule has 2 heterocycles. The van der Waals surface area contributed by atoms with Crippen molar-refractivity contribution in [2.24, 2.45) is 0 Å². The van der Waals surface area contributed by atoms with Crippen LogP contribution in [0.4, 0.5) is 0 Å². The van der Waals surface area contributed by atoms with Gasteiger partial charge in [0.05, 0.1) is 11.7 Å². The smallest absolute Gasteiger partial charge is 0.255 e. The molecule has 0 radical (unpaired) electrons. The van der Waals surface area contributed by atoms with Gasteiger partial charge in [-0.2, -0.15) is 0 Å². The molecule has 1 N–H and O–H groups in total. The molecule has 1 aromatic heterocycles. The molecule has 0 aliphatic carbocycles. The molecule has 0 unspecified atom stereocenters. The maximum Gasteiger partial charge on any atom is 0.255 e. The predicted octanol–water partition coefficient (Wildman–Crippen LogP) is 6.90. The summed E-state index contributed by atoms with van der Waals surface area (Å²) in [6.45, 7) is 6.39. The Morgan fingerprint density at radius 1 is 0.912 bits per heavy atom. The average Bonchev–Trinajstić information content (AvgIpc) is 3.37. The number of hydrogen-bond donors (Lipinski definition) is 1. The number of unbranched alkanes of at least 4 members (excludes halogenated alkanes) is 1. The average molecular weight is 453 g/mol. The van der Waals surface area contributed by atoms with Gasteiger partial charge in [0.15, 0.2) is 0 Å².